The van der Waals surface area contributed by atoms with Gasteiger partial charge in [-0.2, -0.15) is 0 Å². The van der Waals surface area contributed by atoms with Crippen molar-refractivity contribution in [3.05, 3.63) is 65.9 Å². The van der Waals surface area contributed by atoms with E-state index in [-0.39, 0.29) is 17.2 Å². The van der Waals surface area contributed by atoms with Crippen LogP contribution in [0.3, 0.4) is 0 Å². The van der Waals surface area contributed by atoms with Gasteiger partial charge in [0.1, 0.15) is 0 Å². The van der Waals surface area contributed by atoms with Crippen molar-refractivity contribution in [3.63, 3.8) is 0 Å². The Balaban J connectivity index is 1.28. The van der Waals surface area contributed by atoms with E-state index in [1.54, 1.807) is 0 Å². The molecule has 0 bridgehead atoms. The number of amides is 1. The Hall–Kier alpha value is -2.59. The number of hydrogen-bond acceptors (Lipinski definition) is 2. The van der Waals surface area contributed by atoms with Crippen LogP contribution in [-0.4, -0.2) is 42.0 Å². The Bertz CT molecular complexity index is 1060. The first kappa shape index (κ1) is 19.4. The van der Waals surface area contributed by atoms with Crippen molar-refractivity contribution in [1.29, 1.82) is 0 Å². The first-order chi connectivity index (χ1) is 14.6. The topological polar surface area (TPSA) is 39.3 Å². The predicted octanol–water partition coefficient (Wildman–Crippen LogP) is 4.75. The van der Waals surface area contributed by atoms with Crippen molar-refractivity contribution >= 4 is 22.5 Å². The summed E-state index contributed by atoms with van der Waals surface area (Å²) in [6, 6.07) is 17.1. The van der Waals surface area contributed by atoms with E-state index in [4.69, 9.17) is 0 Å². The third-order valence-corrected chi connectivity index (χ3v) is 7.17. The molecule has 0 unspecified atom stereocenters. The van der Waals surface area contributed by atoms with E-state index in [1.165, 1.54) is 22.0 Å². The third-order valence-electron chi connectivity index (χ3n) is 7.17. The van der Waals surface area contributed by atoms with E-state index < -0.39 is 0 Å². The minimum absolute atomic E-state index is 0.0319. The lowest BCUT2D eigenvalue weighted by molar-refractivity contribution is -0.121. The SMILES string of the molecule is CC(C)C(=O)N1CC2(CCN(CCc3c[nH]c4ccccc34)CC2)c2ccccc21. The number of hydrogen-bond donors (Lipinski definition) is 1. The van der Waals surface area contributed by atoms with Gasteiger partial charge in [0.25, 0.3) is 0 Å². The van der Waals surface area contributed by atoms with E-state index in [2.05, 4.69) is 69.5 Å². The number of likely N-dealkylation sites (tertiary alicyclic amines) is 1. The van der Waals surface area contributed by atoms with Crippen molar-refractivity contribution in [2.75, 3.05) is 31.1 Å². The van der Waals surface area contributed by atoms with Crippen LogP contribution < -0.4 is 4.90 Å². The number of piperidine rings is 1. The molecule has 1 fully saturated rings. The average molecular weight is 402 g/mol. The molecule has 156 valence electrons. The number of H-pyrrole nitrogens is 1. The molecule has 1 saturated heterocycles. The minimum Gasteiger partial charge on any atom is -0.361 e. The van der Waals surface area contributed by atoms with Crippen LogP contribution in [0.25, 0.3) is 10.9 Å². The zero-order chi connectivity index (χ0) is 20.7. The molecule has 0 atom stereocenters. The van der Waals surface area contributed by atoms with Gasteiger partial charge in [0.2, 0.25) is 5.91 Å². The van der Waals surface area contributed by atoms with Crippen LogP contribution in [0.2, 0.25) is 0 Å². The van der Waals surface area contributed by atoms with Gasteiger partial charge in [-0.05, 0) is 55.6 Å². The molecular weight excluding hydrogens is 370 g/mol. The van der Waals surface area contributed by atoms with Gasteiger partial charge in [0.15, 0.2) is 0 Å². The summed E-state index contributed by atoms with van der Waals surface area (Å²) in [6.45, 7) is 8.14. The van der Waals surface area contributed by atoms with E-state index in [0.717, 1.165) is 51.1 Å². The molecule has 4 heteroatoms. The summed E-state index contributed by atoms with van der Waals surface area (Å²) < 4.78 is 0. The largest absolute Gasteiger partial charge is 0.361 e. The van der Waals surface area contributed by atoms with Crippen LogP contribution in [0.4, 0.5) is 5.69 Å². The number of anilines is 1. The first-order valence-corrected chi connectivity index (χ1v) is 11.3. The lowest BCUT2D eigenvalue weighted by Crippen LogP contribution is -2.47. The fourth-order valence-corrected chi connectivity index (χ4v) is 5.39. The number of carbonyl (C=O) groups is 1. The molecule has 0 saturated carbocycles. The molecule has 4 nitrogen and oxygen atoms in total. The summed E-state index contributed by atoms with van der Waals surface area (Å²) in [6.07, 6.45) is 5.49. The first-order valence-electron chi connectivity index (χ1n) is 11.3. The number of nitrogens with zero attached hydrogens (tertiary/aromatic N) is 2. The molecule has 1 spiro atoms. The van der Waals surface area contributed by atoms with Crippen molar-refractivity contribution < 1.29 is 4.79 Å². The van der Waals surface area contributed by atoms with Crippen LogP contribution >= 0.6 is 0 Å². The van der Waals surface area contributed by atoms with Crippen molar-refractivity contribution in [1.82, 2.24) is 9.88 Å². The smallest absolute Gasteiger partial charge is 0.229 e. The van der Waals surface area contributed by atoms with Gasteiger partial charge in [0, 0.05) is 47.2 Å². The standard InChI is InChI=1S/C26H31N3O/c1-19(2)25(30)29-18-26(22-8-4-6-10-24(22)29)12-15-28(16-13-26)14-11-20-17-27-23-9-5-3-7-21(20)23/h3-10,17,19,27H,11-16,18H2,1-2H3. The van der Waals surface area contributed by atoms with Gasteiger partial charge >= 0.3 is 0 Å². The molecule has 3 aromatic rings. The summed E-state index contributed by atoms with van der Waals surface area (Å²) in [4.78, 5) is 20.9. The highest BCUT2D eigenvalue weighted by Crippen LogP contribution is 2.47. The maximum atomic E-state index is 12.9. The number of benzene rings is 2. The van der Waals surface area contributed by atoms with Crippen LogP contribution in [0, 0.1) is 5.92 Å². The Morgan fingerprint density at radius 2 is 1.80 bits per heavy atom. The Morgan fingerprint density at radius 1 is 1.07 bits per heavy atom. The molecular formula is C26H31N3O. The fourth-order valence-electron chi connectivity index (χ4n) is 5.39. The van der Waals surface area contributed by atoms with Gasteiger partial charge in [-0.3, -0.25) is 4.79 Å². The average Bonchev–Trinajstić information content (AvgIpc) is 3.33. The van der Waals surface area contributed by atoms with Gasteiger partial charge in [-0.1, -0.05) is 50.2 Å². The lowest BCUT2D eigenvalue weighted by Gasteiger charge is -2.40. The second-order valence-electron chi connectivity index (χ2n) is 9.33. The number of aromatic nitrogens is 1. The molecule has 1 N–H and O–H groups in total. The van der Waals surface area contributed by atoms with E-state index in [0.29, 0.717) is 0 Å². The highest BCUT2D eigenvalue weighted by atomic mass is 16.2. The van der Waals surface area contributed by atoms with Crippen molar-refractivity contribution in [2.24, 2.45) is 5.92 Å². The summed E-state index contributed by atoms with van der Waals surface area (Å²) in [7, 11) is 0. The molecule has 0 radical (unpaired) electrons. The van der Waals surface area contributed by atoms with Crippen molar-refractivity contribution in [3.8, 4) is 0 Å². The minimum atomic E-state index is 0.0319. The van der Waals surface area contributed by atoms with Gasteiger partial charge in [-0.15, -0.1) is 0 Å². The lowest BCUT2D eigenvalue weighted by atomic mass is 9.74. The Morgan fingerprint density at radius 3 is 2.60 bits per heavy atom. The van der Waals surface area contributed by atoms with Crippen molar-refractivity contribution in [2.45, 2.75) is 38.5 Å². The summed E-state index contributed by atoms with van der Waals surface area (Å²) in [5, 5.41) is 1.35. The zero-order valence-electron chi connectivity index (χ0n) is 18.0. The molecule has 3 heterocycles. The number of nitrogens with one attached hydrogen (secondary N) is 1. The summed E-state index contributed by atoms with van der Waals surface area (Å²) in [5.74, 6) is 0.283. The maximum Gasteiger partial charge on any atom is 0.229 e. The number of fused-ring (bicyclic) bond motifs is 3. The molecule has 2 aliphatic heterocycles. The Kier molecular flexibility index (Phi) is 4.90. The normalized spacial score (nSPS) is 18.4. The fraction of sp³-hybridized carbons (Fsp3) is 0.423. The van der Waals surface area contributed by atoms with E-state index >= 15 is 0 Å². The molecule has 2 aromatic carbocycles. The van der Waals surface area contributed by atoms with Crippen LogP contribution in [-0.2, 0) is 16.6 Å². The second kappa shape index (κ2) is 7.59. The summed E-state index contributed by atoms with van der Waals surface area (Å²) in [5.41, 5.74) is 5.28. The van der Waals surface area contributed by atoms with Gasteiger partial charge in [0.05, 0.1) is 0 Å². The van der Waals surface area contributed by atoms with E-state index in [9.17, 15) is 4.79 Å². The number of rotatable bonds is 4. The van der Waals surface area contributed by atoms with Gasteiger partial charge < -0.3 is 14.8 Å². The number of para-hydroxylation sites is 2. The Labute approximate surface area is 178 Å². The highest BCUT2D eigenvalue weighted by Gasteiger charge is 2.46. The maximum absolute atomic E-state index is 12.9. The predicted molar refractivity (Wildman–Crippen MR) is 123 cm³/mol. The number of aromatic amines is 1. The number of carbonyl (C=O) groups excluding carboxylic acids is 1. The molecule has 2 aliphatic rings. The molecule has 30 heavy (non-hydrogen) atoms. The quantitative estimate of drug-likeness (QED) is 0.685. The monoisotopic (exact) mass is 401 g/mol. The highest BCUT2D eigenvalue weighted by molar-refractivity contribution is 5.97. The molecule has 1 amide bonds. The molecule has 0 aliphatic carbocycles. The zero-order valence-corrected chi connectivity index (χ0v) is 18.0. The van der Waals surface area contributed by atoms with E-state index in [1.807, 2.05) is 13.8 Å². The van der Waals surface area contributed by atoms with Crippen LogP contribution in [0.1, 0.15) is 37.8 Å². The third kappa shape index (κ3) is 3.24. The van der Waals surface area contributed by atoms with Crippen LogP contribution in [0.5, 0.6) is 0 Å². The molecule has 1 aromatic heterocycles. The molecule has 5 rings (SSSR count). The van der Waals surface area contributed by atoms with Crippen LogP contribution in [0.15, 0.2) is 54.7 Å². The summed E-state index contributed by atoms with van der Waals surface area (Å²) >= 11 is 0. The van der Waals surface area contributed by atoms with Gasteiger partial charge in [-0.25, -0.2) is 0 Å². The second-order valence-corrected chi connectivity index (χ2v) is 9.33.